The van der Waals surface area contributed by atoms with Crippen LogP contribution in [0.1, 0.15) is 13.3 Å². The zero-order chi connectivity index (χ0) is 5.54. The molecule has 7 heavy (non-hydrogen) atoms. The molecule has 0 radical (unpaired) electrons. The van der Waals surface area contributed by atoms with Gasteiger partial charge in [0, 0.05) is 6.42 Å². The molecule has 0 saturated heterocycles. The van der Waals surface area contributed by atoms with Crippen LogP contribution in [0.3, 0.4) is 0 Å². The van der Waals surface area contributed by atoms with Gasteiger partial charge in [0.1, 0.15) is 0 Å². The lowest BCUT2D eigenvalue weighted by molar-refractivity contribution is -0.129. The van der Waals surface area contributed by atoms with Crippen LogP contribution < -0.4 is 0 Å². The molecule has 0 atom stereocenters. The van der Waals surface area contributed by atoms with Gasteiger partial charge in [-0.1, -0.05) is 0 Å². The summed E-state index contributed by atoms with van der Waals surface area (Å²) >= 11 is 0. The molecule has 0 rings (SSSR count). The molecule has 40 valence electrons. The summed E-state index contributed by atoms with van der Waals surface area (Å²) in [4.78, 5) is 3.24. The van der Waals surface area contributed by atoms with Crippen LogP contribution in [-0.2, 0) is 4.94 Å². The minimum Gasteiger partial charge on any atom is -0.193 e. The fraction of sp³-hybridized carbons (Fsp3) is 0.600. The molecule has 0 N–H and O–H groups in total. The average molecular weight is 102 g/mol. The molecule has 0 bridgehead atoms. The zero-order valence-electron chi connectivity index (χ0n) is 4.20. The molecule has 0 aliphatic carbocycles. The molecule has 0 aromatic heterocycles. The Bertz CT molecular complexity index is 79.8. The summed E-state index contributed by atoms with van der Waals surface area (Å²) in [6.45, 7) is 1.79. The van der Waals surface area contributed by atoms with Gasteiger partial charge in [0.2, 0.25) is 0 Å². The van der Waals surface area contributed by atoms with Gasteiger partial charge in [-0.25, -0.2) is 0 Å². The third-order valence-electron chi connectivity index (χ3n) is 0.481. The first kappa shape index (κ1) is 6.45. The molecule has 0 aliphatic rings. The summed E-state index contributed by atoms with van der Waals surface area (Å²) < 4.78 is 10.7. The van der Waals surface area contributed by atoms with Gasteiger partial charge >= 0.3 is 0 Å². The first-order chi connectivity index (χ1) is 3.41. The highest BCUT2D eigenvalue weighted by Gasteiger charge is 1.75. The SMILES string of the molecule is CC#CCCOF. The number of hydrogen-bond donors (Lipinski definition) is 0. The van der Waals surface area contributed by atoms with Crippen LogP contribution in [0.25, 0.3) is 0 Å². The van der Waals surface area contributed by atoms with E-state index in [1.54, 1.807) is 6.92 Å². The molecule has 0 unspecified atom stereocenters. The Morgan fingerprint density at radius 2 is 2.43 bits per heavy atom. The smallest absolute Gasteiger partial charge is 0.0985 e. The highest BCUT2D eigenvalue weighted by atomic mass is 19.3. The van der Waals surface area contributed by atoms with E-state index in [1.807, 2.05) is 0 Å². The van der Waals surface area contributed by atoms with E-state index in [0.29, 0.717) is 6.42 Å². The number of hydrogen-bond acceptors (Lipinski definition) is 1. The lowest BCUT2D eigenvalue weighted by atomic mass is 10.5. The van der Waals surface area contributed by atoms with Crippen molar-refractivity contribution >= 4 is 0 Å². The van der Waals surface area contributed by atoms with Crippen LogP contribution in [0.5, 0.6) is 0 Å². The van der Waals surface area contributed by atoms with Crippen LogP contribution in [0.4, 0.5) is 4.53 Å². The van der Waals surface area contributed by atoms with Gasteiger partial charge in [0.15, 0.2) is 0 Å². The summed E-state index contributed by atoms with van der Waals surface area (Å²) in [6, 6.07) is 0. The van der Waals surface area contributed by atoms with E-state index in [1.165, 1.54) is 0 Å². The summed E-state index contributed by atoms with van der Waals surface area (Å²) in [5, 5.41) is 0. The second-order valence-electron chi connectivity index (χ2n) is 0.990. The van der Waals surface area contributed by atoms with Crippen molar-refractivity contribution < 1.29 is 9.47 Å². The molecule has 0 aromatic carbocycles. The first-order valence-electron chi connectivity index (χ1n) is 2.05. The van der Waals surface area contributed by atoms with Gasteiger partial charge in [0.05, 0.1) is 6.61 Å². The molecule has 0 aliphatic heterocycles. The van der Waals surface area contributed by atoms with Crippen LogP contribution in [0, 0.1) is 11.8 Å². The normalized spacial score (nSPS) is 7.14. The summed E-state index contributed by atoms with van der Waals surface area (Å²) in [5.74, 6) is 5.24. The summed E-state index contributed by atoms with van der Waals surface area (Å²) in [5.41, 5.74) is 0. The van der Waals surface area contributed by atoms with Gasteiger partial charge in [0.25, 0.3) is 0 Å². The quantitative estimate of drug-likeness (QED) is 0.377. The molecular formula is C5H7FO. The van der Waals surface area contributed by atoms with Gasteiger partial charge in [-0.15, -0.1) is 11.8 Å². The molecule has 0 heterocycles. The van der Waals surface area contributed by atoms with Gasteiger partial charge < -0.3 is 0 Å². The fourth-order valence-electron chi connectivity index (χ4n) is 0.215. The highest BCUT2D eigenvalue weighted by Crippen LogP contribution is 1.77. The lowest BCUT2D eigenvalue weighted by Crippen LogP contribution is -1.78. The zero-order valence-corrected chi connectivity index (χ0v) is 4.20. The summed E-state index contributed by atoms with van der Waals surface area (Å²) in [7, 11) is 0. The lowest BCUT2D eigenvalue weighted by Gasteiger charge is -1.79. The van der Waals surface area contributed by atoms with Crippen molar-refractivity contribution in [2.24, 2.45) is 0 Å². The van der Waals surface area contributed by atoms with Crippen LogP contribution in [0.15, 0.2) is 0 Å². The monoisotopic (exact) mass is 102 g/mol. The molecule has 0 fully saturated rings. The maximum absolute atomic E-state index is 10.7. The van der Waals surface area contributed by atoms with Crippen molar-refractivity contribution in [1.82, 2.24) is 0 Å². The van der Waals surface area contributed by atoms with Crippen molar-refractivity contribution in [3.8, 4) is 11.8 Å². The molecule has 0 amide bonds. The Labute approximate surface area is 42.4 Å². The fourth-order valence-corrected chi connectivity index (χ4v) is 0.215. The second kappa shape index (κ2) is 5.45. The Morgan fingerprint density at radius 3 is 2.86 bits per heavy atom. The van der Waals surface area contributed by atoms with E-state index in [-0.39, 0.29) is 6.61 Å². The van der Waals surface area contributed by atoms with Gasteiger partial charge in [-0.05, 0) is 11.4 Å². The third kappa shape index (κ3) is 5.45. The largest absolute Gasteiger partial charge is 0.193 e. The highest BCUT2D eigenvalue weighted by molar-refractivity contribution is 4.94. The number of halogens is 1. The minimum absolute atomic E-state index is 0.0842. The maximum Gasteiger partial charge on any atom is 0.0985 e. The molecule has 0 aromatic rings. The Kier molecular flexibility index (Phi) is 5.02. The van der Waals surface area contributed by atoms with Crippen molar-refractivity contribution in [3.63, 3.8) is 0 Å². The van der Waals surface area contributed by atoms with Crippen LogP contribution in [-0.4, -0.2) is 6.61 Å². The van der Waals surface area contributed by atoms with Crippen LogP contribution in [0.2, 0.25) is 0 Å². The molecule has 1 nitrogen and oxygen atoms in total. The van der Waals surface area contributed by atoms with E-state index in [9.17, 15) is 4.53 Å². The van der Waals surface area contributed by atoms with E-state index >= 15 is 0 Å². The maximum atomic E-state index is 10.7. The van der Waals surface area contributed by atoms with Gasteiger partial charge in [-0.3, -0.25) is 0 Å². The van der Waals surface area contributed by atoms with E-state index in [4.69, 9.17) is 0 Å². The van der Waals surface area contributed by atoms with Crippen molar-refractivity contribution in [2.45, 2.75) is 13.3 Å². The van der Waals surface area contributed by atoms with Crippen LogP contribution >= 0.6 is 0 Å². The molecule has 0 spiro atoms. The molecular weight excluding hydrogens is 95.1 g/mol. The topological polar surface area (TPSA) is 9.23 Å². The van der Waals surface area contributed by atoms with E-state index in [0.717, 1.165) is 0 Å². The third-order valence-corrected chi connectivity index (χ3v) is 0.481. The Hall–Kier alpha value is -0.550. The average Bonchev–Trinajstić information content (AvgIpc) is 1.69. The minimum atomic E-state index is 0.0842. The van der Waals surface area contributed by atoms with Crippen molar-refractivity contribution in [3.05, 3.63) is 0 Å². The standard InChI is InChI=1S/C5H7FO/c1-2-3-4-5-7-6/h4-5H2,1H3. The molecule has 2 heteroatoms. The van der Waals surface area contributed by atoms with E-state index in [2.05, 4.69) is 16.8 Å². The van der Waals surface area contributed by atoms with E-state index < -0.39 is 0 Å². The number of rotatable bonds is 2. The van der Waals surface area contributed by atoms with Gasteiger partial charge in [-0.2, -0.15) is 4.94 Å². The van der Waals surface area contributed by atoms with Crippen molar-refractivity contribution in [2.75, 3.05) is 6.61 Å². The first-order valence-corrected chi connectivity index (χ1v) is 2.05. The molecule has 0 saturated carbocycles. The van der Waals surface area contributed by atoms with Crippen molar-refractivity contribution in [1.29, 1.82) is 0 Å². The predicted octanol–water partition coefficient (Wildman–Crippen LogP) is 1.30. The second-order valence-corrected chi connectivity index (χ2v) is 0.990. The Morgan fingerprint density at radius 1 is 1.71 bits per heavy atom. The predicted molar refractivity (Wildman–Crippen MR) is 25.1 cm³/mol. The summed E-state index contributed by atoms with van der Waals surface area (Å²) in [6.07, 6.45) is 0.479. The Balaban J connectivity index is 2.78.